The van der Waals surface area contributed by atoms with Crippen LogP contribution in [0.15, 0.2) is 0 Å². The first kappa shape index (κ1) is 20.0. The molecule has 0 heteroatoms. The van der Waals surface area contributed by atoms with Gasteiger partial charge in [-0.25, -0.2) is 0 Å². The molecule has 0 amide bonds. The average Bonchev–Trinajstić information content (AvgIpc) is 2.48. The molecule has 0 aromatic carbocycles. The van der Waals surface area contributed by atoms with Crippen molar-refractivity contribution in [2.24, 2.45) is 11.8 Å². The molecule has 0 rings (SSSR count). The van der Waals surface area contributed by atoms with Crippen LogP contribution in [0.3, 0.4) is 0 Å². The van der Waals surface area contributed by atoms with Crippen molar-refractivity contribution in [2.75, 3.05) is 0 Å². The quantitative estimate of drug-likeness (QED) is 0.269. The highest BCUT2D eigenvalue weighted by atomic mass is 14.2. The molecule has 0 aliphatic heterocycles. The standard InChI is InChI=1S/C20H42/c1-5-9-10-11-12-13-14-15-16-17-20(8-4)18-19(6-2)7-3/h19-20H,5-18H2,1-4H3. The molecule has 122 valence electrons. The minimum Gasteiger partial charge on any atom is -0.0654 e. The lowest BCUT2D eigenvalue weighted by molar-refractivity contribution is 0.321. The average molecular weight is 283 g/mol. The number of rotatable bonds is 15. The minimum atomic E-state index is 0.985. The van der Waals surface area contributed by atoms with Crippen molar-refractivity contribution in [1.29, 1.82) is 0 Å². The van der Waals surface area contributed by atoms with Crippen LogP contribution >= 0.6 is 0 Å². The van der Waals surface area contributed by atoms with Gasteiger partial charge in [-0.1, -0.05) is 111 Å². The second-order valence-electron chi connectivity index (χ2n) is 6.81. The van der Waals surface area contributed by atoms with Crippen LogP contribution in [0.4, 0.5) is 0 Å². The molecule has 0 saturated heterocycles. The minimum absolute atomic E-state index is 0.985. The van der Waals surface area contributed by atoms with Gasteiger partial charge in [-0.3, -0.25) is 0 Å². The second-order valence-corrected chi connectivity index (χ2v) is 6.81. The lowest BCUT2D eigenvalue weighted by Crippen LogP contribution is -2.07. The second kappa shape index (κ2) is 15.4. The molecule has 0 nitrogen and oxygen atoms in total. The van der Waals surface area contributed by atoms with Crippen molar-refractivity contribution in [3.8, 4) is 0 Å². The van der Waals surface area contributed by atoms with Gasteiger partial charge in [0, 0.05) is 0 Å². The molecule has 0 fully saturated rings. The number of hydrogen-bond donors (Lipinski definition) is 0. The molecule has 0 heterocycles. The van der Waals surface area contributed by atoms with Crippen LogP contribution in [0.5, 0.6) is 0 Å². The smallest absolute Gasteiger partial charge is 0.0414 e. The molecule has 0 aromatic heterocycles. The summed E-state index contributed by atoms with van der Waals surface area (Å²) in [5.74, 6) is 1.99. The van der Waals surface area contributed by atoms with Crippen LogP contribution in [-0.4, -0.2) is 0 Å². The van der Waals surface area contributed by atoms with E-state index in [9.17, 15) is 0 Å². The number of hydrogen-bond acceptors (Lipinski definition) is 0. The van der Waals surface area contributed by atoms with Crippen molar-refractivity contribution in [2.45, 2.75) is 118 Å². The van der Waals surface area contributed by atoms with Crippen molar-refractivity contribution in [3.05, 3.63) is 0 Å². The normalized spacial score (nSPS) is 13.1. The Labute approximate surface area is 130 Å². The van der Waals surface area contributed by atoms with Crippen molar-refractivity contribution < 1.29 is 0 Å². The predicted octanol–water partition coefficient (Wildman–Crippen LogP) is 7.76. The zero-order valence-electron chi connectivity index (χ0n) is 15.1. The monoisotopic (exact) mass is 282 g/mol. The molecule has 1 atom stereocenters. The van der Waals surface area contributed by atoms with Gasteiger partial charge < -0.3 is 0 Å². The Morgan fingerprint density at radius 3 is 1.40 bits per heavy atom. The summed E-state index contributed by atoms with van der Waals surface area (Å²) in [4.78, 5) is 0. The summed E-state index contributed by atoms with van der Waals surface area (Å²) in [6, 6.07) is 0. The van der Waals surface area contributed by atoms with Crippen molar-refractivity contribution >= 4 is 0 Å². The highest BCUT2D eigenvalue weighted by Gasteiger charge is 2.12. The van der Waals surface area contributed by atoms with E-state index in [0.29, 0.717) is 0 Å². The maximum Gasteiger partial charge on any atom is -0.0414 e. The van der Waals surface area contributed by atoms with Gasteiger partial charge >= 0.3 is 0 Å². The van der Waals surface area contributed by atoms with Crippen LogP contribution in [0.1, 0.15) is 118 Å². The molecule has 0 bridgehead atoms. The van der Waals surface area contributed by atoms with Crippen molar-refractivity contribution in [1.82, 2.24) is 0 Å². The van der Waals surface area contributed by atoms with E-state index < -0.39 is 0 Å². The third-order valence-electron chi connectivity index (χ3n) is 5.11. The van der Waals surface area contributed by atoms with Crippen LogP contribution in [-0.2, 0) is 0 Å². The lowest BCUT2D eigenvalue weighted by atomic mass is 9.86. The topological polar surface area (TPSA) is 0 Å². The first-order chi connectivity index (χ1) is 9.78. The Hall–Kier alpha value is 0. The summed E-state index contributed by atoms with van der Waals surface area (Å²) in [5, 5.41) is 0. The zero-order chi connectivity index (χ0) is 15.1. The van der Waals surface area contributed by atoms with E-state index in [0.717, 1.165) is 11.8 Å². The Morgan fingerprint density at radius 2 is 0.950 bits per heavy atom. The fourth-order valence-electron chi connectivity index (χ4n) is 3.33. The summed E-state index contributed by atoms with van der Waals surface area (Å²) in [7, 11) is 0. The van der Waals surface area contributed by atoms with Crippen LogP contribution in [0.2, 0.25) is 0 Å². The summed E-state index contributed by atoms with van der Waals surface area (Å²) >= 11 is 0. The van der Waals surface area contributed by atoms with E-state index >= 15 is 0 Å². The van der Waals surface area contributed by atoms with E-state index in [4.69, 9.17) is 0 Å². The van der Waals surface area contributed by atoms with Gasteiger partial charge in [0.1, 0.15) is 0 Å². The Morgan fingerprint density at radius 1 is 0.500 bits per heavy atom. The Balaban J connectivity index is 3.42. The maximum atomic E-state index is 2.39. The third-order valence-corrected chi connectivity index (χ3v) is 5.11. The summed E-state index contributed by atoms with van der Waals surface area (Å²) in [6.07, 6.45) is 20.3. The van der Waals surface area contributed by atoms with E-state index in [1.54, 1.807) is 0 Å². The van der Waals surface area contributed by atoms with Crippen LogP contribution in [0, 0.1) is 11.8 Å². The molecule has 0 aliphatic carbocycles. The van der Waals surface area contributed by atoms with Gasteiger partial charge in [-0.15, -0.1) is 0 Å². The summed E-state index contributed by atoms with van der Waals surface area (Å²) < 4.78 is 0. The lowest BCUT2D eigenvalue weighted by Gasteiger charge is -2.20. The molecular weight excluding hydrogens is 240 g/mol. The van der Waals surface area contributed by atoms with Crippen molar-refractivity contribution in [3.63, 3.8) is 0 Å². The molecular formula is C20H42. The molecule has 0 N–H and O–H groups in total. The third kappa shape index (κ3) is 11.8. The molecule has 0 saturated carbocycles. The molecule has 0 spiro atoms. The van der Waals surface area contributed by atoms with Gasteiger partial charge in [-0.05, 0) is 18.3 Å². The molecule has 0 radical (unpaired) electrons. The zero-order valence-corrected chi connectivity index (χ0v) is 15.1. The SMILES string of the molecule is CCCCCCCCCCCC(CC)CC(CC)CC. The van der Waals surface area contributed by atoms with Gasteiger partial charge in [-0.2, -0.15) is 0 Å². The Kier molecular flexibility index (Phi) is 15.4. The van der Waals surface area contributed by atoms with Crippen LogP contribution in [0.25, 0.3) is 0 Å². The summed E-state index contributed by atoms with van der Waals surface area (Å²) in [6.45, 7) is 9.41. The van der Waals surface area contributed by atoms with E-state index in [1.165, 1.54) is 89.9 Å². The van der Waals surface area contributed by atoms with E-state index in [-0.39, 0.29) is 0 Å². The summed E-state index contributed by atoms with van der Waals surface area (Å²) in [5.41, 5.74) is 0. The fraction of sp³-hybridized carbons (Fsp3) is 1.00. The highest BCUT2D eigenvalue weighted by Crippen LogP contribution is 2.25. The molecule has 0 aromatic rings. The van der Waals surface area contributed by atoms with Gasteiger partial charge in [0.25, 0.3) is 0 Å². The highest BCUT2D eigenvalue weighted by molar-refractivity contribution is 4.64. The van der Waals surface area contributed by atoms with Gasteiger partial charge in [0.05, 0.1) is 0 Å². The predicted molar refractivity (Wildman–Crippen MR) is 94.3 cm³/mol. The first-order valence-electron chi connectivity index (χ1n) is 9.78. The van der Waals surface area contributed by atoms with E-state index in [1.807, 2.05) is 0 Å². The fourth-order valence-corrected chi connectivity index (χ4v) is 3.33. The van der Waals surface area contributed by atoms with E-state index in [2.05, 4.69) is 27.7 Å². The Bertz CT molecular complexity index is 169. The van der Waals surface area contributed by atoms with Gasteiger partial charge in [0.2, 0.25) is 0 Å². The molecule has 0 aliphatic rings. The number of unbranched alkanes of at least 4 members (excludes halogenated alkanes) is 8. The largest absolute Gasteiger partial charge is 0.0654 e. The van der Waals surface area contributed by atoms with Crippen LogP contribution < -0.4 is 0 Å². The molecule has 20 heavy (non-hydrogen) atoms. The first-order valence-corrected chi connectivity index (χ1v) is 9.78. The maximum absolute atomic E-state index is 2.39. The molecule has 1 unspecified atom stereocenters. The van der Waals surface area contributed by atoms with Gasteiger partial charge in [0.15, 0.2) is 0 Å².